The Morgan fingerprint density at radius 2 is 2.10 bits per heavy atom. The van der Waals surface area contributed by atoms with Gasteiger partial charge < -0.3 is 0 Å². The molecule has 10 heavy (non-hydrogen) atoms. The summed E-state index contributed by atoms with van der Waals surface area (Å²) in [4.78, 5) is 0. The van der Waals surface area contributed by atoms with Crippen molar-refractivity contribution in [1.29, 1.82) is 0 Å². The molecule has 0 aromatic rings. The van der Waals surface area contributed by atoms with Gasteiger partial charge >= 0.3 is 0 Å². The Morgan fingerprint density at radius 1 is 1.30 bits per heavy atom. The van der Waals surface area contributed by atoms with Gasteiger partial charge in [-0.1, -0.05) is 13.0 Å². The van der Waals surface area contributed by atoms with Gasteiger partial charge in [-0.05, 0) is 42.9 Å². The van der Waals surface area contributed by atoms with E-state index < -0.39 is 0 Å². The Morgan fingerprint density at radius 3 is 2.50 bits per heavy atom. The first-order chi connectivity index (χ1) is 4.81. The quantitative estimate of drug-likeness (QED) is 0.486. The van der Waals surface area contributed by atoms with Crippen molar-refractivity contribution >= 4 is 0 Å². The van der Waals surface area contributed by atoms with E-state index in [4.69, 9.17) is 0 Å². The lowest BCUT2D eigenvalue weighted by Crippen LogP contribution is -2.15. The van der Waals surface area contributed by atoms with Gasteiger partial charge in [0.2, 0.25) is 0 Å². The first kappa shape index (κ1) is 6.45. The Hall–Kier alpha value is -0.260. The largest absolute Gasteiger partial charge is 0.103 e. The second-order valence-corrected chi connectivity index (χ2v) is 4.11. The summed E-state index contributed by atoms with van der Waals surface area (Å²) in [6.07, 6.45) is 6.62. The topological polar surface area (TPSA) is 0 Å². The van der Waals surface area contributed by atoms with E-state index in [2.05, 4.69) is 19.6 Å². The molecule has 2 saturated carbocycles. The van der Waals surface area contributed by atoms with Crippen molar-refractivity contribution < 1.29 is 0 Å². The average Bonchev–Trinajstić information content (AvgIpc) is 2.44. The van der Waals surface area contributed by atoms with Gasteiger partial charge in [-0.25, -0.2) is 0 Å². The zero-order chi connectivity index (χ0) is 7.14. The molecule has 4 unspecified atom stereocenters. The molecule has 0 nitrogen and oxygen atoms in total. The molecule has 0 aromatic heterocycles. The monoisotopic (exact) mass is 136 g/mol. The van der Waals surface area contributed by atoms with Crippen molar-refractivity contribution in [2.24, 2.45) is 23.7 Å². The molecule has 0 heteroatoms. The van der Waals surface area contributed by atoms with Gasteiger partial charge in [-0.15, -0.1) is 6.58 Å². The van der Waals surface area contributed by atoms with Crippen LogP contribution in [0.25, 0.3) is 0 Å². The van der Waals surface area contributed by atoms with E-state index in [1.807, 2.05) is 0 Å². The first-order valence-electron chi connectivity index (χ1n) is 4.44. The van der Waals surface area contributed by atoms with E-state index in [0.717, 1.165) is 23.7 Å². The lowest BCUT2D eigenvalue weighted by atomic mass is 9.82. The highest BCUT2D eigenvalue weighted by molar-refractivity contribution is 4.99. The van der Waals surface area contributed by atoms with E-state index in [9.17, 15) is 0 Å². The molecule has 0 N–H and O–H groups in total. The number of hydrogen-bond donors (Lipinski definition) is 0. The van der Waals surface area contributed by atoms with E-state index in [-0.39, 0.29) is 0 Å². The van der Waals surface area contributed by atoms with Gasteiger partial charge in [0.05, 0.1) is 0 Å². The third kappa shape index (κ3) is 0.744. The molecule has 0 amide bonds. The van der Waals surface area contributed by atoms with Crippen LogP contribution in [-0.4, -0.2) is 0 Å². The van der Waals surface area contributed by atoms with Crippen LogP contribution in [0.3, 0.4) is 0 Å². The van der Waals surface area contributed by atoms with Crippen LogP contribution in [-0.2, 0) is 0 Å². The van der Waals surface area contributed by atoms with Gasteiger partial charge in [0.15, 0.2) is 0 Å². The van der Waals surface area contributed by atoms with Crippen LogP contribution in [0.4, 0.5) is 0 Å². The lowest BCUT2D eigenvalue weighted by Gasteiger charge is -2.23. The second-order valence-electron chi connectivity index (χ2n) is 4.11. The maximum absolute atomic E-state index is 3.90. The van der Waals surface area contributed by atoms with E-state index >= 15 is 0 Å². The lowest BCUT2D eigenvalue weighted by molar-refractivity contribution is 0.297. The molecule has 0 saturated heterocycles. The number of allylic oxidation sites excluding steroid dienone is 1. The van der Waals surface area contributed by atoms with Crippen LogP contribution >= 0.6 is 0 Å². The zero-order valence-electron chi connectivity index (χ0n) is 6.72. The van der Waals surface area contributed by atoms with E-state index in [1.165, 1.54) is 19.3 Å². The Labute approximate surface area is 63.3 Å². The fraction of sp³-hybridized carbons (Fsp3) is 0.800. The minimum Gasteiger partial charge on any atom is -0.103 e. The Kier molecular flexibility index (Phi) is 1.36. The summed E-state index contributed by atoms with van der Waals surface area (Å²) in [5, 5.41) is 0. The Balaban J connectivity index is 2.12. The van der Waals surface area contributed by atoms with Gasteiger partial charge in [0, 0.05) is 0 Å². The molecule has 0 aromatic carbocycles. The van der Waals surface area contributed by atoms with Gasteiger partial charge in [-0.2, -0.15) is 0 Å². The summed E-state index contributed by atoms with van der Waals surface area (Å²) in [7, 11) is 0. The van der Waals surface area contributed by atoms with Crippen molar-refractivity contribution in [3.05, 3.63) is 12.7 Å². The van der Waals surface area contributed by atoms with Crippen LogP contribution in [0.5, 0.6) is 0 Å². The summed E-state index contributed by atoms with van der Waals surface area (Å²) in [6.45, 7) is 6.30. The third-order valence-corrected chi connectivity index (χ3v) is 3.50. The molecule has 2 fully saturated rings. The molecule has 2 aliphatic carbocycles. The summed E-state index contributed by atoms with van der Waals surface area (Å²) in [6, 6.07) is 0. The number of rotatable bonds is 1. The maximum Gasteiger partial charge on any atom is -0.0203 e. The van der Waals surface area contributed by atoms with E-state index in [0.29, 0.717) is 0 Å². The van der Waals surface area contributed by atoms with Crippen LogP contribution in [0.15, 0.2) is 12.7 Å². The molecule has 4 atom stereocenters. The molecule has 2 aliphatic rings. The molecular weight excluding hydrogens is 120 g/mol. The predicted octanol–water partition coefficient (Wildman–Crippen LogP) is 2.85. The molecule has 0 heterocycles. The maximum atomic E-state index is 3.90. The van der Waals surface area contributed by atoms with Crippen LogP contribution in [0.1, 0.15) is 26.2 Å². The standard InChI is InChI=1S/C10H16/c1-3-9-5-8-4-7(2)10(9)6-8/h3,7-10H,1,4-6H2,2H3. The van der Waals surface area contributed by atoms with Crippen molar-refractivity contribution in [3.63, 3.8) is 0 Å². The number of fused-ring (bicyclic) bond motifs is 2. The highest BCUT2D eigenvalue weighted by Crippen LogP contribution is 2.51. The highest BCUT2D eigenvalue weighted by Gasteiger charge is 2.42. The average molecular weight is 136 g/mol. The van der Waals surface area contributed by atoms with Crippen LogP contribution in [0, 0.1) is 23.7 Å². The fourth-order valence-corrected chi connectivity index (χ4v) is 3.03. The zero-order valence-corrected chi connectivity index (χ0v) is 6.72. The van der Waals surface area contributed by atoms with Gasteiger partial charge in [0.25, 0.3) is 0 Å². The summed E-state index contributed by atoms with van der Waals surface area (Å²) >= 11 is 0. The predicted molar refractivity (Wildman–Crippen MR) is 43.7 cm³/mol. The number of hydrogen-bond acceptors (Lipinski definition) is 0. The summed E-state index contributed by atoms with van der Waals surface area (Å²) in [5.41, 5.74) is 0. The molecule has 0 radical (unpaired) electrons. The summed E-state index contributed by atoms with van der Waals surface area (Å²) < 4.78 is 0. The summed E-state index contributed by atoms with van der Waals surface area (Å²) in [5.74, 6) is 3.92. The van der Waals surface area contributed by atoms with Crippen LogP contribution in [0.2, 0.25) is 0 Å². The molecule has 0 spiro atoms. The molecule has 56 valence electrons. The highest BCUT2D eigenvalue weighted by atomic mass is 14.5. The van der Waals surface area contributed by atoms with Crippen LogP contribution < -0.4 is 0 Å². The minimum atomic E-state index is 0.869. The van der Waals surface area contributed by atoms with E-state index in [1.54, 1.807) is 0 Å². The van der Waals surface area contributed by atoms with Crippen molar-refractivity contribution in [3.8, 4) is 0 Å². The van der Waals surface area contributed by atoms with Crippen molar-refractivity contribution in [2.75, 3.05) is 0 Å². The fourth-order valence-electron chi connectivity index (χ4n) is 3.03. The first-order valence-corrected chi connectivity index (χ1v) is 4.44. The molecule has 2 rings (SSSR count). The van der Waals surface area contributed by atoms with Gasteiger partial charge in [0.1, 0.15) is 0 Å². The van der Waals surface area contributed by atoms with Crippen molar-refractivity contribution in [2.45, 2.75) is 26.2 Å². The molecular formula is C10H16. The van der Waals surface area contributed by atoms with Gasteiger partial charge in [-0.3, -0.25) is 0 Å². The normalized spacial score (nSPS) is 51.7. The molecule has 2 bridgehead atoms. The minimum absolute atomic E-state index is 0.869. The SMILES string of the molecule is C=CC1CC2CC(C)C1C2. The van der Waals surface area contributed by atoms with Crippen molar-refractivity contribution in [1.82, 2.24) is 0 Å². The third-order valence-electron chi connectivity index (χ3n) is 3.50. The second kappa shape index (κ2) is 2.11. The smallest absolute Gasteiger partial charge is 0.0203 e. The molecule has 0 aliphatic heterocycles. The Bertz CT molecular complexity index is 148.